The van der Waals surface area contributed by atoms with Crippen LogP contribution in [0.15, 0.2) is 6.07 Å². The molecule has 128 valence electrons. The van der Waals surface area contributed by atoms with E-state index >= 15 is 0 Å². The Morgan fingerprint density at radius 3 is 2.30 bits per heavy atom. The number of hydrogen-bond acceptors (Lipinski definition) is 2. The summed E-state index contributed by atoms with van der Waals surface area (Å²) in [5, 5.41) is 9.69. The van der Waals surface area contributed by atoms with E-state index < -0.39 is 24.6 Å². The third-order valence-electron chi connectivity index (χ3n) is 5.03. The zero-order chi connectivity index (χ0) is 17.0. The van der Waals surface area contributed by atoms with Gasteiger partial charge in [-0.25, -0.2) is 0 Å². The number of piperidine rings is 1. The second-order valence-corrected chi connectivity index (χ2v) is 6.71. The van der Waals surface area contributed by atoms with Crippen molar-refractivity contribution in [3.63, 3.8) is 0 Å². The highest BCUT2D eigenvalue weighted by atomic mass is 19.4. The van der Waals surface area contributed by atoms with Gasteiger partial charge < -0.3 is 14.6 Å². The van der Waals surface area contributed by atoms with Crippen LogP contribution >= 0.6 is 0 Å². The molecule has 0 bridgehead atoms. The number of aliphatic hydroxyl groups is 1. The maximum atomic E-state index is 12.8. The summed E-state index contributed by atoms with van der Waals surface area (Å²) in [6.07, 6.45) is -3.38. The maximum Gasteiger partial charge on any atom is 0.417 e. The summed E-state index contributed by atoms with van der Waals surface area (Å²) in [6, 6.07) is 2.27. The molecular formula is C16H21F3N2O2. The predicted molar refractivity (Wildman–Crippen MR) is 78.3 cm³/mol. The van der Waals surface area contributed by atoms with Gasteiger partial charge in [0, 0.05) is 43.4 Å². The number of hydrogen-bond donors (Lipinski definition) is 1. The molecule has 1 aromatic heterocycles. The fourth-order valence-corrected chi connectivity index (χ4v) is 3.42. The molecule has 1 aliphatic carbocycles. The van der Waals surface area contributed by atoms with Crippen molar-refractivity contribution in [1.29, 1.82) is 0 Å². The van der Waals surface area contributed by atoms with E-state index in [0.717, 1.165) is 24.2 Å². The summed E-state index contributed by atoms with van der Waals surface area (Å²) in [7, 11) is 0. The van der Waals surface area contributed by atoms with E-state index in [1.54, 1.807) is 0 Å². The quantitative estimate of drug-likeness (QED) is 0.906. The number of halogens is 3. The Balaban J connectivity index is 1.75. The summed E-state index contributed by atoms with van der Waals surface area (Å²) in [5.74, 6) is -0.241. The van der Waals surface area contributed by atoms with Crippen LogP contribution in [0.2, 0.25) is 0 Å². The lowest BCUT2D eigenvalue weighted by Crippen LogP contribution is -2.54. The highest BCUT2D eigenvalue weighted by molar-refractivity contribution is 5.95. The van der Waals surface area contributed by atoms with E-state index in [9.17, 15) is 23.1 Å². The SMILES string of the molecule is Cc1cc(C(=O)N2CCC(O)(C(F)(F)F)CC2)c(C)n1C1CC1. The predicted octanol–water partition coefficient (Wildman–Crippen LogP) is 2.97. The van der Waals surface area contributed by atoms with Crippen LogP contribution in [0.25, 0.3) is 0 Å². The van der Waals surface area contributed by atoms with E-state index in [1.807, 2.05) is 19.9 Å². The standard InChI is InChI=1S/C16H21F3N2O2/c1-10-9-13(11(2)21(10)12-3-4-12)14(22)20-7-5-15(23,6-8-20)16(17,18)19/h9,12,23H,3-8H2,1-2H3. The first-order chi connectivity index (χ1) is 10.6. The van der Waals surface area contributed by atoms with E-state index in [1.165, 1.54) is 4.90 Å². The summed E-state index contributed by atoms with van der Waals surface area (Å²) in [5.41, 5.74) is -0.218. The van der Waals surface area contributed by atoms with Crippen LogP contribution in [0.5, 0.6) is 0 Å². The summed E-state index contributed by atoms with van der Waals surface area (Å²) >= 11 is 0. The minimum atomic E-state index is -4.65. The largest absolute Gasteiger partial charge is 0.417 e. The molecule has 23 heavy (non-hydrogen) atoms. The van der Waals surface area contributed by atoms with E-state index in [4.69, 9.17) is 0 Å². The maximum absolute atomic E-state index is 12.8. The third-order valence-corrected chi connectivity index (χ3v) is 5.03. The normalized spacial score (nSPS) is 21.6. The molecular weight excluding hydrogens is 309 g/mol. The molecule has 7 heteroatoms. The van der Waals surface area contributed by atoms with Crippen molar-refractivity contribution >= 4 is 5.91 Å². The van der Waals surface area contributed by atoms with Crippen LogP contribution in [-0.2, 0) is 0 Å². The minimum absolute atomic E-state index is 0.0814. The average molecular weight is 330 g/mol. The van der Waals surface area contributed by atoms with Crippen molar-refractivity contribution in [2.75, 3.05) is 13.1 Å². The molecule has 0 unspecified atom stereocenters. The van der Waals surface area contributed by atoms with Gasteiger partial charge in [0.25, 0.3) is 5.91 Å². The van der Waals surface area contributed by atoms with E-state index in [2.05, 4.69) is 4.57 Å². The topological polar surface area (TPSA) is 45.5 Å². The fraction of sp³-hybridized carbons (Fsp3) is 0.688. The molecule has 4 nitrogen and oxygen atoms in total. The lowest BCUT2D eigenvalue weighted by atomic mass is 9.90. The van der Waals surface area contributed by atoms with Crippen molar-refractivity contribution < 1.29 is 23.1 Å². The Bertz CT molecular complexity index is 624. The molecule has 0 atom stereocenters. The molecule has 1 amide bonds. The molecule has 3 rings (SSSR count). The lowest BCUT2D eigenvalue weighted by Gasteiger charge is -2.39. The Morgan fingerprint density at radius 2 is 1.83 bits per heavy atom. The minimum Gasteiger partial charge on any atom is -0.380 e. The number of likely N-dealkylation sites (tertiary alicyclic amines) is 1. The van der Waals surface area contributed by atoms with Gasteiger partial charge in [0.1, 0.15) is 0 Å². The zero-order valence-corrected chi connectivity index (χ0v) is 13.3. The van der Waals surface area contributed by atoms with E-state index in [-0.39, 0.29) is 19.0 Å². The molecule has 1 N–H and O–H groups in total. The van der Waals surface area contributed by atoms with Crippen LogP contribution in [0.1, 0.15) is 53.5 Å². The Hall–Kier alpha value is -1.50. The third kappa shape index (κ3) is 2.75. The van der Waals surface area contributed by atoms with Gasteiger partial charge in [0.05, 0.1) is 5.56 Å². The second-order valence-electron chi connectivity index (χ2n) is 6.71. The number of aromatic nitrogens is 1. The van der Waals surface area contributed by atoms with Gasteiger partial charge in [-0.05, 0) is 32.8 Å². The molecule has 1 aromatic rings. The summed E-state index contributed by atoms with van der Waals surface area (Å²) < 4.78 is 40.7. The van der Waals surface area contributed by atoms with Crippen LogP contribution in [0, 0.1) is 13.8 Å². The summed E-state index contributed by atoms with van der Waals surface area (Å²) in [6.45, 7) is 3.67. The fourth-order valence-electron chi connectivity index (χ4n) is 3.42. The highest BCUT2D eigenvalue weighted by Crippen LogP contribution is 2.40. The lowest BCUT2D eigenvalue weighted by molar-refractivity contribution is -0.271. The van der Waals surface area contributed by atoms with Gasteiger partial charge in [0.2, 0.25) is 0 Å². The van der Waals surface area contributed by atoms with Crippen LogP contribution in [0.3, 0.4) is 0 Å². The number of aryl methyl sites for hydroxylation is 1. The molecule has 1 aliphatic heterocycles. The van der Waals surface area contributed by atoms with Crippen LogP contribution in [0.4, 0.5) is 13.2 Å². The second kappa shape index (κ2) is 5.26. The smallest absolute Gasteiger partial charge is 0.380 e. The highest BCUT2D eigenvalue weighted by Gasteiger charge is 2.55. The Morgan fingerprint density at radius 1 is 1.26 bits per heavy atom. The molecule has 0 aromatic carbocycles. The number of carbonyl (C=O) groups excluding carboxylic acids is 1. The molecule has 2 aliphatic rings. The first kappa shape index (κ1) is 16.4. The molecule has 2 heterocycles. The van der Waals surface area contributed by atoms with Crippen molar-refractivity contribution in [1.82, 2.24) is 9.47 Å². The molecule has 0 radical (unpaired) electrons. The number of amides is 1. The monoisotopic (exact) mass is 330 g/mol. The molecule has 0 spiro atoms. The summed E-state index contributed by atoms with van der Waals surface area (Å²) in [4.78, 5) is 14.1. The first-order valence-corrected chi connectivity index (χ1v) is 7.91. The number of alkyl halides is 3. The van der Waals surface area contributed by atoms with Gasteiger partial charge in [-0.15, -0.1) is 0 Å². The average Bonchev–Trinajstić information content (AvgIpc) is 3.24. The number of rotatable bonds is 2. The van der Waals surface area contributed by atoms with Gasteiger partial charge in [-0.1, -0.05) is 0 Å². The van der Waals surface area contributed by atoms with E-state index in [0.29, 0.717) is 11.6 Å². The van der Waals surface area contributed by atoms with Gasteiger partial charge in [-0.2, -0.15) is 13.2 Å². The van der Waals surface area contributed by atoms with Crippen molar-refractivity contribution in [3.8, 4) is 0 Å². The number of nitrogens with zero attached hydrogens (tertiary/aromatic N) is 2. The van der Waals surface area contributed by atoms with Gasteiger partial charge in [0.15, 0.2) is 5.60 Å². The molecule has 1 saturated carbocycles. The van der Waals surface area contributed by atoms with Crippen molar-refractivity contribution in [3.05, 3.63) is 23.0 Å². The van der Waals surface area contributed by atoms with Gasteiger partial charge >= 0.3 is 6.18 Å². The van der Waals surface area contributed by atoms with Crippen LogP contribution < -0.4 is 0 Å². The van der Waals surface area contributed by atoms with Crippen molar-refractivity contribution in [2.24, 2.45) is 0 Å². The number of carbonyl (C=O) groups is 1. The molecule has 2 fully saturated rings. The first-order valence-electron chi connectivity index (χ1n) is 7.91. The van der Waals surface area contributed by atoms with Gasteiger partial charge in [-0.3, -0.25) is 4.79 Å². The van der Waals surface area contributed by atoms with Crippen molar-refractivity contribution in [2.45, 2.75) is 57.3 Å². The van der Waals surface area contributed by atoms with Crippen LogP contribution in [-0.4, -0.2) is 45.3 Å². The Kier molecular flexibility index (Phi) is 3.74. The Labute approximate surface area is 132 Å². The zero-order valence-electron chi connectivity index (χ0n) is 13.3. The molecule has 1 saturated heterocycles.